The van der Waals surface area contributed by atoms with Crippen molar-refractivity contribution < 1.29 is 23.1 Å². The van der Waals surface area contributed by atoms with E-state index in [4.69, 9.17) is 5.11 Å². The van der Waals surface area contributed by atoms with Gasteiger partial charge in [0.2, 0.25) is 15.9 Å². The molecule has 2 N–H and O–H groups in total. The molecule has 0 aliphatic heterocycles. The number of benzene rings is 1. The SMILES string of the molecule is CCNC(=O)CN(CC)S(=O)(=O)c1cccc(C(=O)O)c1. The van der Waals surface area contributed by atoms with Gasteiger partial charge in [0, 0.05) is 13.1 Å². The maximum absolute atomic E-state index is 12.4. The minimum Gasteiger partial charge on any atom is -0.478 e. The maximum Gasteiger partial charge on any atom is 0.335 e. The molecule has 0 atom stereocenters. The summed E-state index contributed by atoms with van der Waals surface area (Å²) in [6.07, 6.45) is 0. The molecule has 0 aliphatic rings. The van der Waals surface area contributed by atoms with Crippen LogP contribution in [0.25, 0.3) is 0 Å². The normalized spacial score (nSPS) is 11.4. The molecule has 0 heterocycles. The number of nitrogens with zero attached hydrogens (tertiary/aromatic N) is 1. The van der Waals surface area contributed by atoms with E-state index in [1.807, 2.05) is 0 Å². The molecule has 7 nitrogen and oxygen atoms in total. The molecule has 0 unspecified atom stereocenters. The van der Waals surface area contributed by atoms with Crippen LogP contribution in [0.1, 0.15) is 24.2 Å². The van der Waals surface area contributed by atoms with Crippen LogP contribution < -0.4 is 5.32 Å². The minimum absolute atomic E-state index is 0.108. The summed E-state index contributed by atoms with van der Waals surface area (Å²) in [5.41, 5.74) is -0.120. The first-order valence-corrected chi connectivity index (χ1v) is 7.87. The van der Waals surface area contributed by atoms with Crippen LogP contribution in [0, 0.1) is 0 Å². The Labute approximate surface area is 123 Å². The van der Waals surface area contributed by atoms with Crippen LogP contribution in [0.5, 0.6) is 0 Å². The van der Waals surface area contributed by atoms with Gasteiger partial charge in [-0.3, -0.25) is 4.79 Å². The van der Waals surface area contributed by atoms with Crippen molar-refractivity contribution in [3.05, 3.63) is 29.8 Å². The summed E-state index contributed by atoms with van der Waals surface area (Å²) in [7, 11) is -3.91. The Morgan fingerprint density at radius 2 is 1.95 bits per heavy atom. The van der Waals surface area contributed by atoms with E-state index in [1.54, 1.807) is 13.8 Å². The fourth-order valence-electron chi connectivity index (χ4n) is 1.72. The van der Waals surface area contributed by atoms with Crippen LogP contribution in [-0.2, 0) is 14.8 Å². The Balaban J connectivity index is 3.10. The average molecular weight is 314 g/mol. The van der Waals surface area contributed by atoms with Crippen molar-refractivity contribution in [2.75, 3.05) is 19.6 Å². The Hall–Kier alpha value is -1.93. The lowest BCUT2D eigenvalue weighted by atomic mass is 10.2. The molecule has 1 amide bonds. The molecule has 0 radical (unpaired) electrons. The van der Waals surface area contributed by atoms with Crippen molar-refractivity contribution in [3.8, 4) is 0 Å². The number of sulfonamides is 1. The van der Waals surface area contributed by atoms with Gasteiger partial charge in [0.1, 0.15) is 0 Å². The van der Waals surface area contributed by atoms with Crippen LogP contribution in [0.4, 0.5) is 0 Å². The third-order valence-electron chi connectivity index (χ3n) is 2.77. The van der Waals surface area contributed by atoms with E-state index in [9.17, 15) is 18.0 Å². The van der Waals surface area contributed by atoms with E-state index in [1.165, 1.54) is 18.2 Å². The largest absolute Gasteiger partial charge is 0.478 e. The van der Waals surface area contributed by atoms with E-state index in [0.29, 0.717) is 6.54 Å². The summed E-state index contributed by atoms with van der Waals surface area (Å²) in [4.78, 5) is 22.3. The van der Waals surface area contributed by atoms with E-state index in [0.717, 1.165) is 10.4 Å². The lowest BCUT2D eigenvalue weighted by Crippen LogP contribution is -2.40. The zero-order valence-corrected chi connectivity index (χ0v) is 12.7. The quantitative estimate of drug-likeness (QED) is 0.764. The van der Waals surface area contributed by atoms with Crippen LogP contribution in [-0.4, -0.2) is 49.3 Å². The molecule has 1 rings (SSSR count). The first-order chi connectivity index (χ1) is 9.82. The van der Waals surface area contributed by atoms with Crippen molar-refractivity contribution in [3.63, 3.8) is 0 Å². The zero-order valence-electron chi connectivity index (χ0n) is 11.9. The van der Waals surface area contributed by atoms with Crippen LogP contribution in [0.15, 0.2) is 29.2 Å². The number of aromatic carboxylic acids is 1. The second-order valence-electron chi connectivity index (χ2n) is 4.22. The van der Waals surface area contributed by atoms with E-state index in [-0.39, 0.29) is 23.5 Å². The highest BCUT2D eigenvalue weighted by Gasteiger charge is 2.25. The van der Waals surface area contributed by atoms with Crippen molar-refractivity contribution in [1.29, 1.82) is 0 Å². The molecule has 0 aromatic heterocycles. The molecule has 0 fully saturated rings. The molecule has 21 heavy (non-hydrogen) atoms. The first kappa shape index (κ1) is 17.1. The van der Waals surface area contributed by atoms with E-state index >= 15 is 0 Å². The third kappa shape index (κ3) is 4.27. The van der Waals surface area contributed by atoms with Gasteiger partial charge < -0.3 is 10.4 Å². The zero-order chi connectivity index (χ0) is 16.0. The van der Waals surface area contributed by atoms with Crippen molar-refractivity contribution in [2.24, 2.45) is 0 Å². The molecule has 0 saturated carbocycles. The second-order valence-corrected chi connectivity index (χ2v) is 6.16. The first-order valence-electron chi connectivity index (χ1n) is 6.43. The molecule has 1 aromatic carbocycles. The van der Waals surface area contributed by atoms with Crippen molar-refractivity contribution in [2.45, 2.75) is 18.7 Å². The fourth-order valence-corrected chi connectivity index (χ4v) is 3.17. The summed E-state index contributed by atoms with van der Waals surface area (Å²) >= 11 is 0. The number of hydrogen-bond acceptors (Lipinski definition) is 4. The number of rotatable bonds is 7. The molecule has 8 heteroatoms. The number of carboxylic acids is 1. The standard InChI is InChI=1S/C13H18N2O5S/c1-3-14-12(16)9-15(4-2)21(19,20)11-7-5-6-10(8-11)13(17)18/h5-8H,3-4,9H2,1-2H3,(H,14,16)(H,17,18). The highest BCUT2D eigenvalue weighted by molar-refractivity contribution is 7.89. The summed E-state index contributed by atoms with van der Waals surface area (Å²) in [5.74, 6) is -1.61. The molecular formula is C13H18N2O5S. The summed E-state index contributed by atoms with van der Waals surface area (Å²) < 4.78 is 25.9. The van der Waals surface area contributed by atoms with Crippen molar-refractivity contribution >= 4 is 21.9 Å². The lowest BCUT2D eigenvalue weighted by molar-refractivity contribution is -0.121. The highest BCUT2D eigenvalue weighted by atomic mass is 32.2. The van der Waals surface area contributed by atoms with E-state index < -0.39 is 21.9 Å². The molecule has 0 saturated heterocycles. The van der Waals surface area contributed by atoms with Gasteiger partial charge in [0.15, 0.2) is 0 Å². The number of carboxylic acid groups (broad SMARTS) is 1. The summed E-state index contributed by atoms with van der Waals surface area (Å²) in [5, 5.41) is 11.4. The maximum atomic E-state index is 12.4. The smallest absolute Gasteiger partial charge is 0.335 e. The van der Waals surface area contributed by atoms with E-state index in [2.05, 4.69) is 5.32 Å². The average Bonchev–Trinajstić information content (AvgIpc) is 2.45. The second kappa shape index (κ2) is 7.19. The predicted molar refractivity (Wildman–Crippen MR) is 76.5 cm³/mol. The van der Waals surface area contributed by atoms with Crippen LogP contribution in [0.3, 0.4) is 0 Å². The number of carbonyl (C=O) groups is 2. The minimum atomic E-state index is -3.91. The van der Waals surface area contributed by atoms with Gasteiger partial charge in [0.25, 0.3) is 0 Å². The Morgan fingerprint density at radius 3 is 2.48 bits per heavy atom. The molecule has 1 aromatic rings. The number of nitrogens with one attached hydrogen (secondary N) is 1. The molecule has 0 spiro atoms. The molecule has 116 valence electrons. The Bertz CT molecular complexity index is 627. The number of hydrogen-bond donors (Lipinski definition) is 2. The lowest BCUT2D eigenvalue weighted by Gasteiger charge is -2.20. The van der Waals surface area contributed by atoms with Gasteiger partial charge in [-0.1, -0.05) is 13.0 Å². The molecule has 0 aliphatic carbocycles. The summed E-state index contributed by atoms with van der Waals surface area (Å²) in [6.45, 7) is 3.56. The van der Waals surface area contributed by atoms with Gasteiger partial charge >= 0.3 is 5.97 Å². The van der Waals surface area contributed by atoms with Crippen molar-refractivity contribution in [1.82, 2.24) is 9.62 Å². The van der Waals surface area contributed by atoms with Gasteiger partial charge in [-0.05, 0) is 25.1 Å². The third-order valence-corrected chi connectivity index (χ3v) is 4.68. The van der Waals surface area contributed by atoms with Crippen LogP contribution in [0.2, 0.25) is 0 Å². The predicted octanol–water partition coefficient (Wildman–Crippen LogP) is 0.532. The Kier molecular flexibility index (Phi) is 5.86. The van der Waals surface area contributed by atoms with Gasteiger partial charge in [-0.15, -0.1) is 0 Å². The topological polar surface area (TPSA) is 104 Å². The molecule has 0 bridgehead atoms. The number of amides is 1. The highest BCUT2D eigenvalue weighted by Crippen LogP contribution is 2.17. The summed E-state index contributed by atoms with van der Waals surface area (Å²) in [6, 6.07) is 5.05. The fraction of sp³-hybridized carbons (Fsp3) is 0.385. The monoisotopic (exact) mass is 314 g/mol. The number of likely N-dealkylation sites (N-methyl/N-ethyl adjacent to an activating group) is 2. The van der Waals surface area contributed by atoms with Gasteiger partial charge in [-0.2, -0.15) is 4.31 Å². The Morgan fingerprint density at radius 1 is 1.29 bits per heavy atom. The number of carbonyl (C=O) groups excluding carboxylic acids is 1. The van der Waals surface area contributed by atoms with Gasteiger partial charge in [-0.25, -0.2) is 13.2 Å². The van der Waals surface area contributed by atoms with Crippen LogP contribution >= 0.6 is 0 Å². The molecular weight excluding hydrogens is 296 g/mol. The van der Waals surface area contributed by atoms with Gasteiger partial charge in [0.05, 0.1) is 17.0 Å².